The van der Waals surface area contributed by atoms with Gasteiger partial charge >= 0.3 is 5.97 Å². The third kappa shape index (κ3) is 3.56. The molecule has 110 valence electrons. The van der Waals surface area contributed by atoms with Crippen molar-refractivity contribution in [2.24, 2.45) is 0 Å². The fraction of sp³-hybridized carbons (Fsp3) is 0.143. The number of methoxy groups -OCH3 is 1. The Labute approximate surface area is 131 Å². The van der Waals surface area contributed by atoms with Gasteiger partial charge < -0.3 is 15.2 Å². The van der Waals surface area contributed by atoms with Crippen LogP contribution in [0.1, 0.15) is 15.9 Å². The first-order valence-corrected chi connectivity index (χ1v) is 6.72. The largest absolute Gasteiger partial charge is 0.496 e. The maximum Gasteiger partial charge on any atom is 0.337 e. The molecule has 0 aliphatic carbocycles. The van der Waals surface area contributed by atoms with Gasteiger partial charge in [0.1, 0.15) is 11.6 Å². The Morgan fingerprint density at radius 3 is 2.76 bits per heavy atom. The number of aromatic nitrogens is 1. The Bertz CT molecular complexity index is 677. The molecule has 2 rings (SSSR count). The number of anilines is 1. The van der Waals surface area contributed by atoms with E-state index in [1.54, 1.807) is 25.3 Å². The molecule has 0 amide bonds. The minimum Gasteiger partial charge on any atom is -0.496 e. The van der Waals surface area contributed by atoms with Crippen molar-refractivity contribution in [3.05, 3.63) is 51.6 Å². The lowest BCUT2D eigenvalue weighted by Crippen LogP contribution is -2.06. The summed E-state index contributed by atoms with van der Waals surface area (Å²) in [6.07, 6.45) is 1.24. The molecule has 1 heterocycles. The zero-order chi connectivity index (χ0) is 15.4. The van der Waals surface area contributed by atoms with E-state index in [0.717, 1.165) is 5.56 Å². The highest BCUT2D eigenvalue weighted by Crippen LogP contribution is 2.28. The molecule has 0 spiro atoms. The molecule has 2 N–H and O–H groups in total. The molecule has 5 nitrogen and oxygen atoms in total. The van der Waals surface area contributed by atoms with Gasteiger partial charge in [0.15, 0.2) is 0 Å². The van der Waals surface area contributed by atoms with Crippen molar-refractivity contribution in [3.8, 4) is 5.75 Å². The molecule has 0 atom stereocenters. The second kappa shape index (κ2) is 6.65. The summed E-state index contributed by atoms with van der Waals surface area (Å²) in [7, 11) is 1.56. The van der Waals surface area contributed by atoms with Gasteiger partial charge in [0.25, 0.3) is 0 Å². The van der Waals surface area contributed by atoms with Crippen LogP contribution in [-0.2, 0) is 6.54 Å². The molecule has 0 unspecified atom stereocenters. The fourth-order valence-corrected chi connectivity index (χ4v) is 2.22. The first-order valence-electron chi connectivity index (χ1n) is 5.97. The number of carbonyl (C=O) groups is 1. The number of nitrogens with zero attached hydrogens (tertiary/aromatic N) is 1. The van der Waals surface area contributed by atoms with Crippen molar-refractivity contribution in [3.63, 3.8) is 0 Å². The average molecular weight is 327 g/mol. The maximum absolute atomic E-state index is 10.8. The predicted molar refractivity (Wildman–Crippen MR) is 81.5 cm³/mol. The van der Waals surface area contributed by atoms with E-state index < -0.39 is 5.97 Å². The zero-order valence-corrected chi connectivity index (χ0v) is 12.6. The molecular formula is C14H12Cl2N2O3. The molecule has 0 fully saturated rings. The molecule has 1 aromatic heterocycles. The Morgan fingerprint density at radius 1 is 1.38 bits per heavy atom. The van der Waals surface area contributed by atoms with Crippen LogP contribution in [-0.4, -0.2) is 23.2 Å². The monoisotopic (exact) mass is 326 g/mol. The highest BCUT2D eigenvalue weighted by molar-refractivity contribution is 6.33. The number of rotatable bonds is 5. The van der Waals surface area contributed by atoms with Crippen molar-refractivity contribution in [1.29, 1.82) is 0 Å². The van der Waals surface area contributed by atoms with Crippen LogP contribution < -0.4 is 10.1 Å². The first kappa shape index (κ1) is 15.4. The number of nitrogens with one attached hydrogen (secondary N) is 1. The summed E-state index contributed by atoms with van der Waals surface area (Å²) in [4.78, 5) is 14.8. The Hall–Kier alpha value is -1.98. The predicted octanol–water partition coefficient (Wildman–Crippen LogP) is 3.71. The summed E-state index contributed by atoms with van der Waals surface area (Å²) in [6.45, 7) is 0.349. The van der Waals surface area contributed by atoms with E-state index in [0.29, 0.717) is 23.1 Å². The number of hydrogen-bond acceptors (Lipinski definition) is 4. The lowest BCUT2D eigenvalue weighted by molar-refractivity contribution is 0.0696. The van der Waals surface area contributed by atoms with Crippen LogP contribution in [0.15, 0.2) is 30.5 Å². The lowest BCUT2D eigenvalue weighted by Gasteiger charge is -2.12. The van der Waals surface area contributed by atoms with Crippen LogP contribution in [0, 0.1) is 0 Å². The summed E-state index contributed by atoms with van der Waals surface area (Å²) in [6, 6.07) is 6.68. The van der Waals surface area contributed by atoms with Crippen LogP contribution in [0.3, 0.4) is 0 Å². The summed E-state index contributed by atoms with van der Waals surface area (Å²) < 4.78 is 5.24. The van der Waals surface area contributed by atoms with E-state index in [2.05, 4.69) is 10.3 Å². The van der Waals surface area contributed by atoms with Gasteiger partial charge in [0.2, 0.25) is 0 Å². The smallest absolute Gasteiger partial charge is 0.337 e. The summed E-state index contributed by atoms with van der Waals surface area (Å²) in [5, 5.41) is 12.6. The molecule has 0 aliphatic heterocycles. The number of hydrogen-bond donors (Lipinski definition) is 2. The SMILES string of the molecule is COc1cccc(Cl)c1CNc1ncc(C(=O)O)cc1Cl. The van der Waals surface area contributed by atoms with Crippen molar-refractivity contribution >= 4 is 35.0 Å². The second-order valence-electron chi connectivity index (χ2n) is 4.13. The van der Waals surface area contributed by atoms with E-state index in [9.17, 15) is 4.79 Å². The number of carboxylic acid groups (broad SMARTS) is 1. The number of ether oxygens (including phenoxy) is 1. The fourth-order valence-electron chi connectivity index (χ4n) is 1.76. The second-order valence-corrected chi connectivity index (χ2v) is 4.95. The summed E-state index contributed by atoms with van der Waals surface area (Å²) in [5.74, 6) is -0.0550. The van der Waals surface area contributed by atoms with E-state index in [4.69, 9.17) is 33.0 Å². The highest BCUT2D eigenvalue weighted by Gasteiger charge is 2.11. The third-order valence-corrected chi connectivity index (χ3v) is 3.46. The maximum atomic E-state index is 10.8. The molecule has 0 radical (unpaired) electrons. The highest BCUT2D eigenvalue weighted by atomic mass is 35.5. The molecule has 0 saturated heterocycles. The Balaban J connectivity index is 2.19. The van der Waals surface area contributed by atoms with E-state index >= 15 is 0 Å². The van der Waals surface area contributed by atoms with E-state index in [1.165, 1.54) is 12.3 Å². The number of aromatic carboxylic acids is 1. The first-order chi connectivity index (χ1) is 10.0. The number of carboxylic acids is 1. The summed E-state index contributed by atoms with van der Waals surface area (Å²) >= 11 is 12.1. The molecular weight excluding hydrogens is 315 g/mol. The van der Waals surface area contributed by atoms with Gasteiger partial charge in [0, 0.05) is 23.3 Å². The van der Waals surface area contributed by atoms with Gasteiger partial charge in [-0.2, -0.15) is 0 Å². The van der Waals surface area contributed by atoms with E-state index in [1.807, 2.05) is 0 Å². The van der Waals surface area contributed by atoms with Gasteiger partial charge in [-0.1, -0.05) is 29.3 Å². The normalized spacial score (nSPS) is 10.2. The van der Waals surface area contributed by atoms with Crippen LogP contribution >= 0.6 is 23.2 Å². The number of halogens is 2. The van der Waals surface area contributed by atoms with Crippen LogP contribution in [0.4, 0.5) is 5.82 Å². The van der Waals surface area contributed by atoms with E-state index in [-0.39, 0.29) is 10.6 Å². The van der Waals surface area contributed by atoms with Crippen molar-refractivity contribution in [1.82, 2.24) is 4.98 Å². The average Bonchev–Trinajstić information content (AvgIpc) is 2.46. The number of pyridine rings is 1. The molecule has 1 aromatic carbocycles. The Morgan fingerprint density at radius 2 is 2.14 bits per heavy atom. The van der Waals surface area contributed by atoms with Gasteiger partial charge in [-0.25, -0.2) is 9.78 Å². The minimum absolute atomic E-state index is 0.0286. The molecule has 0 aliphatic rings. The number of benzene rings is 1. The van der Waals surface area contributed by atoms with Crippen LogP contribution in [0.5, 0.6) is 5.75 Å². The molecule has 2 aromatic rings. The van der Waals surface area contributed by atoms with Crippen LogP contribution in [0.2, 0.25) is 10.0 Å². The molecule has 7 heteroatoms. The van der Waals surface area contributed by atoms with Gasteiger partial charge in [0.05, 0.1) is 17.7 Å². The minimum atomic E-state index is -1.08. The van der Waals surface area contributed by atoms with Crippen molar-refractivity contribution in [2.45, 2.75) is 6.54 Å². The Kier molecular flexibility index (Phi) is 4.88. The third-order valence-electron chi connectivity index (χ3n) is 2.82. The van der Waals surface area contributed by atoms with Crippen molar-refractivity contribution < 1.29 is 14.6 Å². The van der Waals surface area contributed by atoms with Crippen LogP contribution in [0.25, 0.3) is 0 Å². The standard InChI is InChI=1S/C14H12Cl2N2O3/c1-21-12-4-2-3-10(15)9(12)7-18-13-11(16)5-8(6-17-13)14(19)20/h2-6H,7H2,1H3,(H,17,18)(H,19,20). The summed E-state index contributed by atoms with van der Waals surface area (Å²) in [5.41, 5.74) is 0.794. The molecule has 21 heavy (non-hydrogen) atoms. The zero-order valence-electron chi connectivity index (χ0n) is 11.1. The molecule has 0 saturated carbocycles. The topological polar surface area (TPSA) is 71.5 Å². The van der Waals surface area contributed by atoms with Gasteiger partial charge in [-0.3, -0.25) is 0 Å². The van der Waals surface area contributed by atoms with Gasteiger partial charge in [-0.15, -0.1) is 0 Å². The molecule has 0 bridgehead atoms. The van der Waals surface area contributed by atoms with Gasteiger partial charge in [-0.05, 0) is 18.2 Å². The lowest BCUT2D eigenvalue weighted by atomic mass is 10.2. The quantitative estimate of drug-likeness (QED) is 0.876. The van der Waals surface area contributed by atoms with Crippen molar-refractivity contribution in [2.75, 3.05) is 12.4 Å².